The van der Waals surface area contributed by atoms with Gasteiger partial charge < -0.3 is 0 Å². The molecule has 0 bridgehead atoms. The Bertz CT molecular complexity index is 301. The average molecular weight is 259 g/mol. The normalized spacial score (nSPS) is 10.8. The minimum atomic E-state index is -2.78. The van der Waals surface area contributed by atoms with Gasteiger partial charge in [0.1, 0.15) is 5.82 Å². The van der Waals surface area contributed by atoms with E-state index in [4.69, 9.17) is 11.6 Å². The van der Waals surface area contributed by atoms with Crippen molar-refractivity contribution in [1.82, 2.24) is 0 Å². The Balaban J connectivity index is 3.33. The fourth-order valence-electron chi connectivity index (χ4n) is 0.743. The molecule has 0 heterocycles. The van der Waals surface area contributed by atoms with Gasteiger partial charge in [-0.05, 0) is 28.1 Å². The van der Waals surface area contributed by atoms with Crippen LogP contribution in [0.15, 0.2) is 16.6 Å². The van der Waals surface area contributed by atoms with E-state index in [-0.39, 0.29) is 9.50 Å². The number of hydrogen-bond donors (Lipinski definition) is 0. The van der Waals surface area contributed by atoms with Crippen molar-refractivity contribution in [2.24, 2.45) is 0 Å². The predicted octanol–water partition coefficient (Wildman–Crippen LogP) is 4.18. The highest BCUT2D eigenvalue weighted by molar-refractivity contribution is 9.10. The Morgan fingerprint density at radius 1 is 1.33 bits per heavy atom. The minimum absolute atomic E-state index is 0.140. The number of rotatable bonds is 1. The van der Waals surface area contributed by atoms with E-state index >= 15 is 0 Å². The molecule has 0 aliphatic heterocycles. The summed E-state index contributed by atoms with van der Waals surface area (Å²) < 4.78 is 36.8. The van der Waals surface area contributed by atoms with Gasteiger partial charge in [0.2, 0.25) is 0 Å². The predicted molar refractivity (Wildman–Crippen MR) is 44.1 cm³/mol. The molecular formula is C7H3BrClF3. The summed E-state index contributed by atoms with van der Waals surface area (Å²) >= 11 is 8.11. The third kappa shape index (κ3) is 1.75. The largest absolute Gasteiger partial charge is 0.266 e. The lowest BCUT2D eigenvalue weighted by atomic mass is 10.2. The first kappa shape index (κ1) is 9.86. The van der Waals surface area contributed by atoms with Crippen molar-refractivity contribution in [3.05, 3.63) is 33.0 Å². The van der Waals surface area contributed by atoms with Crippen molar-refractivity contribution < 1.29 is 13.2 Å². The van der Waals surface area contributed by atoms with Gasteiger partial charge >= 0.3 is 0 Å². The fourth-order valence-corrected chi connectivity index (χ4v) is 1.62. The third-order valence-electron chi connectivity index (χ3n) is 1.30. The van der Waals surface area contributed by atoms with Crippen molar-refractivity contribution in [2.45, 2.75) is 6.43 Å². The molecular weight excluding hydrogens is 256 g/mol. The molecule has 0 aromatic heterocycles. The maximum atomic E-state index is 12.7. The zero-order valence-corrected chi connectivity index (χ0v) is 7.96. The summed E-state index contributed by atoms with van der Waals surface area (Å²) in [5, 5.41) is -0.140. The molecule has 0 amide bonds. The van der Waals surface area contributed by atoms with Gasteiger partial charge in [0.25, 0.3) is 6.43 Å². The molecule has 0 atom stereocenters. The van der Waals surface area contributed by atoms with E-state index < -0.39 is 17.8 Å². The first-order chi connectivity index (χ1) is 5.54. The maximum Gasteiger partial charge on any atom is 0.266 e. The van der Waals surface area contributed by atoms with Crippen LogP contribution in [0.1, 0.15) is 12.0 Å². The molecule has 0 saturated heterocycles. The van der Waals surface area contributed by atoms with E-state index in [1.165, 1.54) is 0 Å². The van der Waals surface area contributed by atoms with Gasteiger partial charge in [-0.2, -0.15) is 0 Å². The van der Waals surface area contributed by atoms with Crippen molar-refractivity contribution in [2.75, 3.05) is 0 Å². The summed E-state index contributed by atoms with van der Waals surface area (Å²) in [5.41, 5.74) is -0.503. The number of halogens is 5. The first-order valence-electron chi connectivity index (χ1n) is 2.95. The molecule has 1 rings (SSSR count). The molecule has 12 heavy (non-hydrogen) atoms. The van der Waals surface area contributed by atoms with Crippen LogP contribution in [-0.2, 0) is 0 Å². The van der Waals surface area contributed by atoms with E-state index in [2.05, 4.69) is 15.9 Å². The van der Waals surface area contributed by atoms with E-state index in [1.54, 1.807) is 0 Å². The molecule has 66 valence electrons. The standard InChI is InChI=1S/C7H3BrClF3/c8-6-4(10)2-1-3(9)5(6)7(11)12/h1-2,7H. The summed E-state index contributed by atoms with van der Waals surface area (Å²) in [5.74, 6) is -0.741. The van der Waals surface area contributed by atoms with Crippen LogP contribution in [0.3, 0.4) is 0 Å². The van der Waals surface area contributed by atoms with Crippen molar-refractivity contribution in [1.29, 1.82) is 0 Å². The summed E-state index contributed by atoms with van der Waals surface area (Å²) in [6, 6.07) is 2.13. The Morgan fingerprint density at radius 3 is 2.33 bits per heavy atom. The van der Waals surface area contributed by atoms with E-state index in [0.717, 1.165) is 12.1 Å². The van der Waals surface area contributed by atoms with Gasteiger partial charge in [0.05, 0.1) is 15.1 Å². The van der Waals surface area contributed by atoms with E-state index in [1.807, 2.05) is 0 Å². The lowest BCUT2D eigenvalue weighted by molar-refractivity contribution is 0.150. The van der Waals surface area contributed by atoms with Crippen LogP contribution in [0, 0.1) is 5.82 Å². The molecule has 1 aromatic rings. The summed E-state index contributed by atoms with van der Waals surface area (Å²) in [6.07, 6.45) is -2.78. The summed E-state index contributed by atoms with van der Waals surface area (Å²) in [7, 11) is 0. The summed E-state index contributed by atoms with van der Waals surface area (Å²) in [6.45, 7) is 0. The quantitative estimate of drug-likeness (QED) is 0.664. The molecule has 0 spiro atoms. The highest BCUT2D eigenvalue weighted by atomic mass is 79.9. The third-order valence-corrected chi connectivity index (χ3v) is 2.43. The van der Waals surface area contributed by atoms with E-state index in [0.29, 0.717) is 0 Å². The molecule has 0 N–H and O–H groups in total. The van der Waals surface area contributed by atoms with Crippen LogP contribution >= 0.6 is 27.5 Å². The molecule has 0 radical (unpaired) electrons. The van der Waals surface area contributed by atoms with Crippen LogP contribution in [0.5, 0.6) is 0 Å². The maximum absolute atomic E-state index is 12.7. The first-order valence-corrected chi connectivity index (χ1v) is 4.12. The molecule has 0 fully saturated rings. The number of alkyl halides is 2. The molecule has 0 aliphatic rings. The van der Waals surface area contributed by atoms with Crippen molar-refractivity contribution in [3.8, 4) is 0 Å². The van der Waals surface area contributed by atoms with E-state index in [9.17, 15) is 13.2 Å². The summed E-state index contributed by atoms with van der Waals surface area (Å²) in [4.78, 5) is 0. The Kier molecular flexibility index (Phi) is 3.01. The highest BCUT2D eigenvalue weighted by Gasteiger charge is 2.18. The van der Waals surface area contributed by atoms with Gasteiger partial charge in [0.15, 0.2) is 0 Å². The fraction of sp³-hybridized carbons (Fsp3) is 0.143. The van der Waals surface area contributed by atoms with Crippen molar-refractivity contribution >= 4 is 27.5 Å². The van der Waals surface area contributed by atoms with Crippen LogP contribution in [0.25, 0.3) is 0 Å². The minimum Gasteiger partial charge on any atom is -0.206 e. The van der Waals surface area contributed by atoms with Gasteiger partial charge in [-0.15, -0.1) is 0 Å². The topological polar surface area (TPSA) is 0 Å². The molecule has 0 aliphatic carbocycles. The van der Waals surface area contributed by atoms with Gasteiger partial charge in [-0.1, -0.05) is 11.6 Å². The number of benzene rings is 1. The van der Waals surface area contributed by atoms with Crippen LogP contribution in [0.2, 0.25) is 5.02 Å². The lowest BCUT2D eigenvalue weighted by Crippen LogP contribution is -1.91. The molecule has 0 nitrogen and oxygen atoms in total. The zero-order valence-electron chi connectivity index (χ0n) is 5.62. The molecule has 1 aromatic carbocycles. The molecule has 0 unspecified atom stereocenters. The smallest absolute Gasteiger partial charge is 0.206 e. The Labute approximate surface area is 80.5 Å². The second-order valence-electron chi connectivity index (χ2n) is 2.06. The average Bonchev–Trinajstić information content (AvgIpc) is 1.97. The second kappa shape index (κ2) is 3.66. The molecule has 5 heteroatoms. The van der Waals surface area contributed by atoms with Crippen LogP contribution in [0.4, 0.5) is 13.2 Å². The van der Waals surface area contributed by atoms with Crippen LogP contribution in [-0.4, -0.2) is 0 Å². The zero-order chi connectivity index (χ0) is 9.30. The Hall–Kier alpha value is -0.220. The number of hydrogen-bond acceptors (Lipinski definition) is 0. The lowest BCUT2D eigenvalue weighted by Gasteiger charge is -2.05. The van der Waals surface area contributed by atoms with Gasteiger partial charge in [0, 0.05) is 0 Å². The van der Waals surface area contributed by atoms with Crippen molar-refractivity contribution in [3.63, 3.8) is 0 Å². The Morgan fingerprint density at radius 2 is 1.92 bits per heavy atom. The van der Waals surface area contributed by atoms with Gasteiger partial charge in [-0.3, -0.25) is 0 Å². The molecule has 0 saturated carbocycles. The van der Waals surface area contributed by atoms with Crippen LogP contribution < -0.4 is 0 Å². The SMILES string of the molecule is Fc1ccc(Cl)c(C(F)F)c1Br. The van der Waals surface area contributed by atoms with Gasteiger partial charge in [-0.25, -0.2) is 13.2 Å². The highest BCUT2D eigenvalue weighted by Crippen LogP contribution is 2.34. The second-order valence-corrected chi connectivity index (χ2v) is 3.26. The monoisotopic (exact) mass is 258 g/mol.